The number of benzene rings is 2. The van der Waals surface area contributed by atoms with Crippen LogP contribution in [0.25, 0.3) is 0 Å². The van der Waals surface area contributed by atoms with Crippen molar-refractivity contribution in [3.8, 4) is 0 Å². The van der Waals surface area contributed by atoms with Gasteiger partial charge in [0.2, 0.25) is 0 Å². The zero-order valence-corrected chi connectivity index (χ0v) is 14.9. The summed E-state index contributed by atoms with van der Waals surface area (Å²) in [6.45, 7) is 1.86. The summed E-state index contributed by atoms with van der Waals surface area (Å²) in [6.07, 6.45) is -3.36. The van der Waals surface area contributed by atoms with Crippen LogP contribution in [-0.2, 0) is 11.3 Å². The summed E-state index contributed by atoms with van der Waals surface area (Å²) < 4.78 is 5.04. The molecule has 0 spiro atoms. The fraction of sp³-hybridized carbons (Fsp3) is 0.316. The first-order chi connectivity index (χ1) is 12.9. The fourth-order valence-corrected chi connectivity index (χ4v) is 2.52. The maximum atomic E-state index is 11.7. The van der Waals surface area contributed by atoms with Crippen LogP contribution < -0.4 is 5.32 Å². The topological polar surface area (TPSA) is 122 Å². The number of rotatable bonds is 8. The van der Waals surface area contributed by atoms with Gasteiger partial charge in [0.25, 0.3) is 5.69 Å². The van der Waals surface area contributed by atoms with E-state index in [2.05, 4.69) is 5.32 Å². The maximum absolute atomic E-state index is 11.7. The number of hydrogen-bond donors (Lipinski definition) is 3. The van der Waals surface area contributed by atoms with E-state index >= 15 is 0 Å². The van der Waals surface area contributed by atoms with Crippen molar-refractivity contribution in [2.24, 2.45) is 0 Å². The molecule has 8 heteroatoms. The molecule has 0 bridgehead atoms. The van der Waals surface area contributed by atoms with Crippen molar-refractivity contribution in [2.45, 2.75) is 32.2 Å². The second kappa shape index (κ2) is 9.65. The van der Waals surface area contributed by atoms with Crippen LogP contribution in [0.3, 0.4) is 0 Å². The van der Waals surface area contributed by atoms with Crippen LogP contribution in [0.5, 0.6) is 0 Å². The number of nitro benzene ring substituents is 1. The summed E-state index contributed by atoms with van der Waals surface area (Å²) >= 11 is 0. The molecule has 0 heterocycles. The first-order valence-corrected chi connectivity index (χ1v) is 8.44. The van der Waals surface area contributed by atoms with E-state index in [-0.39, 0.29) is 30.8 Å². The summed E-state index contributed by atoms with van der Waals surface area (Å²) in [4.78, 5) is 22.2. The fourth-order valence-electron chi connectivity index (χ4n) is 2.52. The summed E-state index contributed by atoms with van der Waals surface area (Å²) in [5, 5.41) is 33.9. The number of amides is 1. The van der Waals surface area contributed by atoms with Crippen molar-refractivity contribution in [3.05, 3.63) is 75.3 Å². The number of nitro groups is 1. The average Bonchev–Trinajstić information content (AvgIpc) is 2.66. The van der Waals surface area contributed by atoms with E-state index < -0.39 is 23.2 Å². The van der Waals surface area contributed by atoms with Gasteiger partial charge in [-0.2, -0.15) is 0 Å². The minimum atomic E-state index is -1.44. The number of carbonyl (C=O) groups excluding carboxylic acids is 1. The molecule has 2 aromatic carbocycles. The van der Waals surface area contributed by atoms with Crippen LogP contribution >= 0.6 is 0 Å². The van der Waals surface area contributed by atoms with E-state index in [1.807, 2.05) is 30.3 Å². The lowest BCUT2D eigenvalue weighted by Crippen LogP contribution is -2.30. The Morgan fingerprint density at radius 2 is 1.93 bits per heavy atom. The van der Waals surface area contributed by atoms with E-state index in [0.717, 1.165) is 5.56 Å². The third-order valence-corrected chi connectivity index (χ3v) is 3.99. The van der Waals surface area contributed by atoms with Crippen molar-refractivity contribution < 1.29 is 24.7 Å². The van der Waals surface area contributed by atoms with Gasteiger partial charge in [0.15, 0.2) is 0 Å². The van der Waals surface area contributed by atoms with Crippen LogP contribution in [0.2, 0.25) is 0 Å². The number of aliphatic hydroxyl groups is 2. The molecule has 0 fully saturated rings. The lowest BCUT2D eigenvalue weighted by Gasteiger charge is -2.18. The van der Waals surface area contributed by atoms with E-state index in [9.17, 15) is 25.1 Å². The average molecular weight is 374 g/mol. The van der Waals surface area contributed by atoms with Gasteiger partial charge in [0.1, 0.15) is 12.7 Å². The highest BCUT2D eigenvalue weighted by atomic mass is 16.6. The molecule has 0 saturated carbocycles. The molecular formula is C19H22N2O6. The second-order valence-corrected chi connectivity index (χ2v) is 6.11. The Kier molecular flexibility index (Phi) is 7.27. The van der Waals surface area contributed by atoms with Crippen molar-refractivity contribution in [1.82, 2.24) is 5.32 Å². The minimum Gasteiger partial charge on any atom is -0.445 e. The van der Waals surface area contributed by atoms with Gasteiger partial charge in [-0.05, 0) is 30.5 Å². The Labute approximate surface area is 156 Å². The molecular weight excluding hydrogens is 352 g/mol. The highest BCUT2D eigenvalue weighted by Crippen LogP contribution is 2.29. The molecule has 0 aromatic heterocycles. The summed E-state index contributed by atoms with van der Waals surface area (Å²) in [6, 6.07) is 13.5. The number of ether oxygens (including phenoxy) is 1. The number of aliphatic hydroxyl groups excluding tert-OH is 2. The molecule has 0 aliphatic carbocycles. The number of hydrogen-bond acceptors (Lipinski definition) is 6. The lowest BCUT2D eigenvalue weighted by molar-refractivity contribution is -0.386. The Bertz CT molecular complexity index is 781. The van der Waals surface area contributed by atoms with E-state index in [4.69, 9.17) is 4.74 Å². The van der Waals surface area contributed by atoms with Crippen molar-refractivity contribution in [3.63, 3.8) is 0 Å². The third-order valence-electron chi connectivity index (χ3n) is 3.99. The van der Waals surface area contributed by atoms with Crippen LogP contribution in [0.1, 0.15) is 29.2 Å². The molecule has 2 aromatic rings. The van der Waals surface area contributed by atoms with Gasteiger partial charge >= 0.3 is 6.09 Å². The third kappa shape index (κ3) is 6.05. The Hall–Kier alpha value is -2.97. The molecule has 27 heavy (non-hydrogen) atoms. The number of nitrogens with zero attached hydrogens (tertiary/aromatic N) is 1. The highest BCUT2D eigenvalue weighted by molar-refractivity contribution is 5.67. The molecule has 144 valence electrons. The molecule has 0 aliphatic rings. The Morgan fingerprint density at radius 3 is 2.59 bits per heavy atom. The highest BCUT2D eigenvalue weighted by Gasteiger charge is 2.26. The van der Waals surface area contributed by atoms with Crippen molar-refractivity contribution in [1.29, 1.82) is 0 Å². The first-order valence-electron chi connectivity index (χ1n) is 8.44. The molecule has 3 N–H and O–H groups in total. The van der Waals surface area contributed by atoms with Gasteiger partial charge in [-0.1, -0.05) is 36.4 Å². The Balaban J connectivity index is 1.82. The van der Waals surface area contributed by atoms with Crippen molar-refractivity contribution in [2.75, 3.05) is 6.54 Å². The first kappa shape index (κ1) is 20.3. The SMILES string of the molecule is Cc1ccc(C(O)C(O)CCNC(=O)OCc2ccccc2)c([N+](=O)[O-])c1. The van der Waals surface area contributed by atoms with Gasteiger partial charge in [-0.25, -0.2) is 4.79 Å². The molecule has 0 radical (unpaired) electrons. The van der Waals surface area contributed by atoms with Gasteiger partial charge in [-0.15, -0.1) is 0 Å². The van der Waals surface area contributed by atoms with Gasteiger partial charge in [0, 0.05) is 12.6 Å². The maximum Gasteiger partial charge on any atom is 0.407 e. The number of carbonyl (C=O) groups is 1. The van der Waals surface area contributed by atoms with E-state index in [1.165, 1.54) is 12.1 Å². The molecule has 0 aliphatic heterocycles. The van der Waals surface area contributed by atoms with Crippen molar-refractivity contribution >= 4 is 11.8 Å². The van der Waals surface area contributed by atoms with Gasteiger partial charge in [-0.3, -0.25) is 10.1 Å². The molecule has 2 rings (SSSR count). The number of nitrogens with one attached hydrogen (secondary N) is 1. The number of alkyl carbamates (subject to hydrolysis) is 1. The second-order valence-electron chi connectivity index (χ2n) is 6.11. The number of aryl methyl sites for hydroxylation is 1. The molecule has 0 saturated heterocycles. The molecule has 1 amide bonds. The Morgan fingerprint density at radius 1 is 1.22 bits per heavy atom. The van der Waals surface area contributed by atoms with Crippen LogP contribution in [-0.4, -0.2) is 33.9 Å². The zero-order chi connectivity index (χ0) is 19.8. The van der Waals surface area contributed by atoms with Crippen LogP contribution in [0, 0.1) is 17.0 Å². The molecule has 8 nitrogen and oxygen atoms in total. The predicted molar refractivity (Wildman–Crippen MR) is 98.0 cm³/mol. The quantitative estimate of drug-likeness (QED) is 0.482. The van der Waals surface area contributed by atoms with Crippen LogP contribution in [0.15, 0.2) is 48.5 Å². The summed E-state index contributed by atoms with van der Waals surface area (Å²) in [5.74, 6) is 0. The smallest absolute Gasteiger partial charge is 0.407 e. The van der Waals surface area contributed by atoms with Crippen LogP contribution in [0.4, 0.5) is 10.5 Å². The van der Waals surface area contributed by atoms with E-state index in [1.54, 1.807) is 13.0 Å². The van der Waals surface area contributed by atoms with Gasteiger partial charge < -0.3 is 20.3 Å². The molecule has 2 unspecified atom stereocenters. The standard InChI is InChI=1S/C19H22N2O6/c1-13-7-8-15(16(11-13)21(25)26)18(23)17(22)9-10-20-19(24)27-12-14-5-3-2-4-6-14/h2-8,11,17-18,22-23H,9-10,12H2,1H3,(H,20,24). The van der Waals surface area contributed by atoms with E-state index in [0.29, 0.717) is 5.56 Å². The van der Waals surface area contributed by atoms with Gasteiger partial charge in [0.05, 0.1) is 16.6 Å². The lowest BCUT2D eigenvalue weighted by atomic mass is 9.99. The minimum absolute atomic E-state index is 0.00658. The monoisotopic (exact) mass is 374 g/mol. The predicted octanol–water partition coefficient (Wildman–Crippen LogP) is 2.61. The largest absolute Gasteiger partial charge is 0.445 e. The molecule has 2 atom stereocenters. The normalized spacial score (nSPS) is 12.9. The zero-order valence-electron chi connectivity index (χ0n) is 14.9. The summed E-state index contributed by atoms with van der Waals surface area (Å²) in [5.41, 5.74) is 1.30. The summed E-state index contributed by atoms with van der Waals surface area (Å²) in [7, 11) is 0.